The molecule has 0 radical (unpaired) electrons. The van der Waals surface area contributed by atoms with Gasteiger partial charge in [0.15, 0.2) is 0 Å². The van der Waals surface area contributed by atoms with Crippen LogP contribution in [0.1, 0.15) is 32.0 Å². The summed E-state index contributed by atoms with van der Waals surface area (Å²) >= 11 is 1.42. The fraction of sp³-hybridized carbons (Fsp3) is 0.600. The lowest BCUT2D eigenvalue weighted by Crippen LogP contribution is -2.07. The molecule has 2 aromatic rings. The van der Waals surface area contributed by atoms with Crippen molar-refractivity contribution in [3.8, 4) is 0 Å². The van der Waals surface area contributed by atoms with E-state index in [1.807, 2.05) is 10.9 Å². The lowest BCUT2D eigenvalue weighted by Gasteiger charge is -2.01. The van der Waals surface area contributed by atoms with Crippen molar-refractivity contribution in [3.05, 3.63) is 18.2 Å². The summed E-state index contributed by atoms with van der Waals surface area (Å²) in [6, 6.07) is 0. The summed E-state index contributed by atoms with van der Waals surface area (Å²) in [6.07, 6.45) is 4.54. The van der Waals surface area contributed by atoms with Crippen molar-refractivity contribution in [3.63, 3.8) is 0 Å². The van der Waals surface area contributed by atoms with E-state index in [1.54, 1.807) is 6.20 Å². The molecule has 0 saturated carbocycles. The number of rotatable bonds is 6. The van der Waals surface area contributed by atoms with E-state index in [-0.39, 0.29) is 0 Å². The summed E-state index contributed by atoms with van der Waals surface area (Å²) < 4.78 is 6.11. The molecule has 2 heterocycles. The van der Waals surface area contributed by atoms with Crippen molar-refractivity contribution in [1.82, 2.24) is 24.4 Å². The fourth-order valence-electron chi connectivity index (χ4n) is 1.33. The molecule has 0 fully saturated rings. The Morgan fingerprint density at radius 2 is 2.35 bits per heavy atom. The van der Waals surface area contributed by atoms with E-state index in [1.165, 1.54) is 11.5 Å². The summed E-state index contributed by atoms with van der Waals surface area (Å²) in [7, 11) is 0. The Hall–Kier alpha value is -1.50. The third kappa shape index (κ3) is 3.48. The zero-order chi connectivity index (χ0) is 12.1. The van der Waals surface area contributed by atoms with Crippen LogP contribution in [0.5, 0.6) is 0 Å². The van der Waals surface area contributed by atoms with Gasteiger partial charge in [-0.05, 0) is 6.42 Å². The van der Waals surface area contributed by atoms with Crippen molar-refractivity contribution in [1.29, 1.82) is 0 Å². The van der Waals surface area contributed by atoms with Gasteiger partial charge in [0.25, 0.3) is 0 Å². The minimum absolute atomic E-state index is 0.386. The maximum absolute atomic E-state index is 4.41. The predicted molar refractivity (Wildman–Crippen MR) is 67.1 cm³/mol. The Bertz CT molecular complexity index is 435. The number of hydrogen-bond acceptors (Lipinski definition) is 6. The molecule has 1 N–H and O–H groups in total. The molecule has 0 unspecified atom stereocenters. The maximum atomic E-state index is 4.41. The molecule has 0 aliphatic rings. The lowest BCUT2D eigenvalue weighted by atomic mass is 10.2. The van der Waals surface area contributed by atoms with Gasteiger partial charge in [0.1, 0.15) is 5.82 Å². The minimum atomic E-state index is 0.386. The molecule has 0 amide bonds. The van der Waals surface area contributed by atoms with Gasteiger partial charge in [-0.25, -0.2) is 4.98 Å². The topological polar surface area (TPSA) is 68.5 Å². The van der Waals surface area contributed by atoms with Gasteiger partial charge < -0.3 is 5.32 Å². The van der Waals surface area contributed by atoms with Crippen molar-refractivity contribution < 1.29 is 0 Å². The maximum Gasteiger partial charge on any atom is 0.202 e. The summed E-state index contributed by atoms with van der Waals surface area (Å²) in [4.78, 5) is 4.41. The van der Waals surface area contributed by atoms with Gasteiger partial charge in [-0.1, -0.05) is 19.1 Å². The molecule has 92 valence electrons. The second-order valence-electron chi connectivity index (χ2n) is 4.06. The predicted octanol–water partition coefficient (Wildman–Crippen LogP) is 1.76. The highest BCUT2D eigenvalue weighted by atomic mass is 32.1. The number of hydrogen-bond donors (Lipinski definition) is 1. The van der Waals surface area contributed by atoms with Crippen LogP contribution in [0.25, 0.3) is 0 Å². The molecule has 6 nitrogen and oxygen atoms in total. The number of anilines is 1. The normalized spacial score (nSPS) is 11.0. The first kappa shape index (κ1) is 12.0. The average molecular weight is 252 g/mol. The summed E-state index contributed by atoms with van der Waals surface area (Å²) in [5.41, 5.74) is 0. The summed E-state index contributed by atoms with van der Waals surface area (Å²) in [5.74, 6) is 1.30. The van der Waals surface area contributed by atoms with E-state index in [9.17, 15) is 0 Å². The summed E-state index contributed by atoms with van der Waals surface area (Å²) in [6.45, 7) is 5.92. The molecule has 2 rings (SSSR count). The molecule has 0 spiro atoms. The van der Waals surface area contributed by atoms with Gasteiger partial charge in [0, 0.05) is 36.7 Å². The Morgan fingerprint density at radius 3 is 3.00 bits per heavy atom. The molecular weight excluding hydrogens is 236 g/mol. The molecule has 0 atom stereocenters. The van der Waals surface area contributed by atoms with E-state index in [0.29, 0.717) is 5.92 Å². The van der Waals surface area contributed by atoms with Crippen LogP contribution >= 0.6 is 11.5 Å². The van der Waals surface area contributed by atoms with Gasteiger partial charge in [0.05, 0.1) is 6.20 Å². The van der Waals surface area contributed by atoms with E-state index in [2.05, 4.69) is 38.8 Å². The number of nitrogens with one attached hydrogen (secondary N) is 1. The van der Waals surface area contributed by atoms with Crippen LogP contribution in [0.3, 0.4) is 0 Å². The fourth-order valence-corrected chi connectivity index (χ4v) is 2.06. The quantitative estimate of drug-likeness (QED) is 0.793. The third-order valence-corrected chi connectivity index (χ3v) is 2.96. The highest BCUT2D eigenvalue weighted by molar-refractivity contribution is 7.09. The first-order valence-corrected chi connectivity index (χ1v) is 6.44. The number of nitrogens with zero attached hydrogens (tertiary/aromatic N) is 5. The molecule has 0 aliphatic heterocycles. The van der Waals surface area contributed by atoms with Crippen LogP contribution in [0, 0.1) is 0 Å². The van der Waals surface area contributed by atoms with Gasteiger partial charge in [-0.15, -0.1) is 5.10 Å². The Morgan fingerprint density at radius 1 is 1.47 bits per heavy atom. The molecule has 0 saturated heterocycles. The number of aromatic nitrogens is 5. The van der Waals surface area contributed by atoms with Crippen LogP contribution in [-0.4, -0.2) is 30.9 Å². The zero-order valence-corrected chi connectivity index (χ0v) is 10.8. The van der Waals surface area contributed by atoms with Crippen LogP contribution in [0.2, 0.25) is 0 Å². The van der Waals surface area contributed by atoms with Crippen LogP contribution < -0.4 is 5.32 Å². The summed E-state index contributed by atoms with van der Waals surface area (Å²) in [5, 5.41) is 11.8. The average Bonchev–Trinajstić information content (AvgIpc) is 2.96. The molecule has 0 bridgehead atoms. The van der Waals surface area contributed by atoms with Gasteiger partial charge in [-0.2, -0.15) is 4.37 Å². The minimum Gasteiger partial charge on any atom is -0.360 e. The first-order chi connectivity index (χ1) is 8.25. The Labute approximate surface area is 104 Å². The first-order valence-electron chi connectivity index (χ1n) is 5.67. The van der Waals surface area contributed by atoms with Crippen molar-refractivity contribution in [2.45, 2.75) is 32.7 Å². The van der Waals surface area contributed by atoms with Crippen LogP contribution in [0.15, 0.2) is 12.4 Å². The van der Waals surface area contributed by atoms with Crippen molar-refractivity contribution in [2.75, 3.05) is 11.9 Å². The third-order valence-electron chi connectivity index (χ3n) is 2.27. The zero-order valence-electron chi connectivity index (χ0n) is 10.00. The van der Waals surface area contributed by atoms with Crippen molar-refractivity contribution >= 4 is 16.7 Å². The standard InChI is InChI=1S/C10H16N6S/c1-8(2)9-13-10(17-14-9)11-4-3-6-16-7-5-12-15-16/h5,7-8H,3-4,6H2,1-2H3,(H,11,13,14). The monoisotopic (exact) mass is 252 g/mol. The van der Waals surface area contributed by atoms with E-state index >= 15 is 0 Å². The van der Waals surface area contributed by atoms with Crippen molar-refractivity contribution in [2.24, 2.45) is 0 Å². The molecule has 2 aromatic heterocycles. The highest BCUT2D eigenvalue weighted by Crippen LogP contribution is 2.16. The second kappa shape index (κ2) is 5.72. The lowest BCUT2D eigenvalue weighted by molar-refractivity contribution is 0.569. The molecular formula is C10H16N6S. The van der Waals surface area contributed by atoms with Crippen LogP contribution in [-0.2, 0) is 6.54 Å². The highest BCUT2D eigenvalue weighted by Gasteiger charge is 2.06. The van der Waals surface area contributed by atoms with Gasteiger partial charge in [-0.3, -0.25) is 4.68 Å². The Kier molecular flexibility index (Phi) is 4.03. The SMILES string of the molecule is CC(C)c1nsc(NCCCn2ccnn2)n1. The van der Waals surface area contributed by atoms with E-state index in [4.69, 9.17) is 0 Å². The van der Waals surface area contributed by atoms with Crippen LogP contribution in [0.4, 0.5) is 5.13 Å². The molecule has 0 aromatic carbocycles. The van der Waals surface area contributed by atoms with E-state index < -0.39 is 0 Å². The smallest absolute Gasteiger partial charge is 0.202 e. The number of aryl methyl sites for hydroxylation is 1. The largest absolute Gasteiger partial charge is 0.360 e. The second-order valence-corrected chi connectivity index (χ2v) is 4.81. The van der Waals surface area contributed by atoms with Gasteiger partial charge in [0.2, 0.25) is 5.13 Å². The van der Waals surface area contributed by atoms with E-state index in [0.717, 1.165) is 30.5 Å². The Balaban J connectivity index is 1.71. The van der Waals surface area contributed by atoms with Gasteiger partial charge >= 0.3 is 0 Å². The molecule has 17 heavy (non-hydrogen) atoms. The molecule has 0 aliphatic carbocycles. The molecule has 7 heteroatoms.